The SMILES string of the molecule is COC(=O)C1(N(C(=O)C(C)Cl)C2CC2)CCC1. The van der Waals surface area contributed by atoms with Gasteiger partial charge in [-0.3, -0.25) is 4.79 Å². The second-order valence-corrected chi connectivity index (χ2v) is 5.59. The zero-order chi connectivity index (χ0) is 12.6. The van der Waals surface area contributed by atoms with E-state index in [1.54, 1.807) is 11.8 Å². The second-order valence-electron chi connectivity index (χ2n) is 4.93. The third-order valence-corrected chi connectivity index (χ3v) is 3.88. The molecule has 0 aromatic rings. The summed E-state index contributed by atoms with van der Waals surface area (Å²) in [7, 11) is 1.38. The fraction of sp³-hybridized carbons (Fsp3) is 0.833. The molecule has 2 rings (SSSR count). The molecule has 96 valence electrons. The standard InChI is InChI=1S/C12H18ClNO3/c1-8(13)10(15)14(9-4-5-9)12(6-3-7-12)11(16)17-2/h8-9H,3-7H2,1-2H3. The lowest BCUT2D eigenvalue weighted by Gasteiger charge is -2.48. The van der Waals surface area contributed by atoms with Crippen LogP contribution in [0.2, 0.25) is 0 Å². The van der Waals surface area contributed by atoms with Crippen LogP contribution in [0.1, 0.15) is 39.0 Å². The van der Waals surface area contributed by atoms with Gasteiger partial charge in [-0.15, -0.1) is 11.6 Å². The Hall–Kier alpha value is -0.770. The Morgan fingerprint density at radius 1 is 1.41 bits per heavy atom. The van der Waals surface area contributed by atoms with E-state index in [9.17, 15) is 9.59 Å². The lowest BCUT2D eigenvalue weighted by molar-refractivity contribution is -0.169. The van der Waals surface area contributed by atoms with Gasteiger partial charge < -0.3 is 9.64 Å². The number of carbonyl (C=O) groups is 2. The fourth-order valence-electron chi connectivity index (χ4n) is 2.51. The molecule has 0 aromatic heterocycles. The third-order valence-electron chi connectivity index (χ3n) is 3.70. The van der Waals surface area contributed by atoms with Crippen LogP contribution < -0.4 is 0 Å². The number of carbonyl (C=O) groups excluding carboxylic acids is 2. The van der Waals surface area contributed by atoms with Crippen molar-refractivity contribution in [2.45, 2.75) is 56.0 Å². The normalized spacial score (nSPS) is 23.5. The maximum atomic E-state index is 12.2. The van der Waals surface area contributed by atoms with Gasteiger partial charge in [0, 0.05) is 6.04 Å². The summed E-state index contributed by atoms with van der Waals surface area (Å²) in [6, 6.07) is 0.183. The molecule has 2 saturated carbocycles. The number of halogens is 1. The van der Waals surface area contributed by atoms with E-state index in [-0.39, 0.29) is 17.9 Å². The lowest BCUT2D eigenvalue weighted by atomic mass is 9.74. The number of alkyl halides is 1. The van der Waals surface area contributed by atoms with Crippen molar-refractivity contribution < 1.29 is 14.3 Å². The summed E-state index contributed by atoms with van der Waals surface area (Å²) in [5, 5.41) is -0.585. The Balaban J connectivity index is 2.25. The minimum Gasteiger partial charge on any atom is -0.467 e. The highest BCUT2D eigenvalue weighted by atomic mass is 35.5. The Bertz CT molecular complexity index is 335. The molecule has 2 aliphatic carbocycles. The van der Waals surface area contributed by atoms with Crippen molar-refractivity contribution in [2.75, 3.05) is 7.11 Å². The number of methoxy groups -OCH3 is 1. The zero-order valence-corrected chi connectivity index (χ0v) is 11.0. The van der Waals surface area contributed by atoms with E-state index >= 15 is 0 Å². The molecule has 0 heterocycles. The van der Waals surface area contributed by atoms with Crippen LogP contribution >= 0.6 is 11.6 Å². The van der Waals surface area contributed by atoms with Crippen LogP contribution in [0.25, 0.3) is 0 Å². The Kier molecular flexibility index (Phi) is 3.34. The smallest absolute Gasteiger partial charge is 0.331 e. The topological polar surface area (TPSA) is 46.6 Å². The van der Waals surface area contributed by atoms with Crippen molar-refractivity contribution in [3.8, 4) is 0 Å². The van der Waals surface area contributed by atoms with Crippen molar-refractivity contribution in [1.29, 1.82) is 0 Å². The molecule has 1 unspecified atom stereocenters. The first-order chi connectivity index (χ1) is 8.03. The maximum absolute atomic E-state index is 12.2. The number of esters is 1. The van der Waals surface area contributed by atoms with Crippen LogP contribution in [-0.4, -0.2) is 40.8 Å². The number of ether oxygens (including phenoxy) is 1. The summed E-state index contributed by atoms with van der Waals surface area (Å²) >= 11 is 5.89. The van der Waals surface area contributed by atoms with Gasteiger partial charge in [-0.2, -0.15) is 0 Å². The lowest BCUT2D eigenvalue weighted by Crippen LogP contribution is -2.63. The number of nitrogens with zero attached hydrogens (tertiary/aromatic N) is 1. The second kappa shape index (κ2) is 4.48. The molecule has 0 saturated heterocycles. The highest BCUT2D eigenvalue weighted by molar-refractivity contribution is 6.30. The summed E-state index contributed by atoms with van der Waals surface area (Å²) in [5.41, 5.74) is -0.726. The highest BCUT2D eigenvalue weighted by Crippen LogP contribution is 2.45. The van der Waals surface area contributed by atoms with Crippen molar-refractivity contribution in [3.05, 3.63) is 0 Å². The van der Waals surface area contributed by atoms with Gasteiger partial charge in [0.15, 0.2) is 0 Å². The third kappa shape index (κ3) is 2.03. The molecule has 1 amide bonds. The van der Waals surface area contributed by atoms with Gasteiger partial charge in [0.2, 0.25) is 5.91 Å². The molecule has 0 N–H and O–H groups in total. The summed E-state index contributed by atoms with van der Waals surface area (Å²) in [5.74, 6) is -0.430. The molecule has 0 radical (unpaired) electrons. The van der Waals surface area contributed by atoms with E-state index in [1.807, 2.05) is 0 Å². The molecular weight excluding hydrogens is 242 g/mol. The van der Waals surface area contributed by atoms with Gasteiger partial charge in [-0.25, -0.2) is 4.79 Å². The monoisotopic (exact) mass is 259 g/mol. The minimum atomic E-state index is -0.726. The Labute approximate surface area is 106 Å². The predicted molar refractivity (Wildman–Crippen MR) is 63.8 cm³/mol. The first kappa shape index (κ1) is 12.7. The number of hydrogen-bond donors (Lipinski definition) is 0. The summed E-state index contributed by atoms with van der Waals surface area (Å²) < 4.78 is 4.87. The molecule has 0 aliphatic heterocycles. The molecule has 5 heteroatoms. The quantitative estimate of drug-likeness (QED) is 0.570. The molecule has 4 nitrogen and oxygen atoms in total. The molecule has 2 fully saturated rings. The van der Waals surface area contributed by atoms with Gasteiger partial charge in [0.1, 0.15) is 10.9 Å². The van der Waals surface area contributed by atoms with Crippen LogP contribution in [0, 0.1) is 0 Å². The molecule has 1 atom stereocenters. The largest absolute Gasteiger partial charge is 0.467 e. The van der Waals surface area contributed by atoms with Crippen molar-refractivity contribution >= 4 is 23.5 Å². The van der Waals surface area contributed by atoms with E-state index in [0.29, 0.717) is 12.8 Å². The van der Waals surface area contributed by atoms with Gasteiger partial charge in [0.25, 0.3) is 0 Å². The minimum absolute atomic E-state index is 0.140. The van der Waals surface area contributed by atoms with Gasteiger partial charge in [-0.1, -0.05) is 0 Å². The molecule has 0 bridgehead atoms. The van der Waals surface area contributed by atoms with Gasteiger partial charge in [0.05, 0.1) is 7.11 Å². The Morgan fingerprint density at radius 3 is 2.29 bits per heavy atom. The van der Waals surface area contributed by atoms with E-state index in [0.717, 1.165) is 19.3 Å². The zero-order valence-electron chi connectivity index (χ0n) is 10.2. The first-order valence-corrected chi connectivity index (χ1v) is 6.52. The molecule has 0 aromatic carbocycles. The maximum Gasteiger partial charge on any atom is 0.331 e. The first-order valence-electron chi connectivity index (χ1n) is 6.08. The van der Waals surface area contributed by atoms with E-state index < -0.39 is 10.9 Å². The van der Waals surface area contributed by atoms with Crippen LogP contribution in [0.4, 0.5) is 0 Å². The van der Waals surface area contributed by atoms with Gasteiger partial charge in [-0.05, 0) is 39.0 Å². The van der Waals surface area contributed by atoms with E-state index in [2.05, 4.69) is 0 Å². The Morgan fingerprint density at radius 2 is 2.00 bits per heavy atom. The van der Waals surface area contributed by atoms with Crippen LogP contribution in [0.3, 0.4) is 0 Å². The summed E-state index contributed by atoms with van der Waals surface area (Å²) in [6.45, 7) is 1.66. The predicted octanol–water partition coefficient (Wildman–Crippen LogP) is 1.70. The average Bonchev–Trinajstić information content (AvgIpc) is 3.04. The average molecular weight is 260 g/mol. The molecular formula is C12H18ClNO3. The number of rotatable bonds is 4. The van der Waals surface area contributed by atoms with Gasteiger partial charge >= 0.3 is 5.97 Å². The van der Waals surface area contributed by atoms with E-state index in [1.165, 1.54) is 7.11 Å². The number of amides is 1. The van der Waals surface area contributed by atoms with Crippen LogP contribution in [0.5, 0.6) is 0 Å². The van der Waals surface area contributed by atoms with Crippen LogP contribution in [-0.2, 0) is 14.3 Å². The molecule has 0 spiro atoms. The summed E-state index contributed by atoms with van der Waals surface area (Å²) in [4.78, 5) is 25.8. The highest BCUT2D eigenvalue weighted by Gasteiger charge is 2.56. The van der Waals surface area contributed by atoms with E-state index in [4.69, 9.17) is 16.3 Å². The molecule has 17 heavy (non-hydrogen) atoms. The number of hydrogen-bond acceptors (Lipinski definition) is 3. The fourth-order valence-corrected chi connectivity index (χ4v) is 2.61. The van der Waals surface area contributed by atoms with Crippen molar-refractivity contribution in [1.82, 2.24) is 4.90 Å². The van der Waals surface area contributed by atoms with Crippen molar-refractivity contribution in [2.24, 2.45) is 0 Å². The van der Waals surface area contributed by atoms with Crippen LogP contribution in [0.15, 0.2) is 0 Å². The molecule has 2 aliphatic rings. The summed E-state index contributed by atoms with van der Waals surface area (Å²) in [6.07, 6.45) is 4.29. The van der Waals surface area contributed by atoms with Crippen molar-refractivity contribution in [3.63, 3.8) is 0 Å².